The predicted octanol–water partition coefficient (Wildman–Crippen LogP) is -1.47. The van der Waals surface area contributed by atoms with Gasteiger partial charge >= 0.3 is 128 Å². The average molecular weight is 400 g/mol. The van der Waals surface area contributed by atoms with Crippen molar-refractivity contribution >= 4 is 11.6 Å². The normalized spacial score (nSPS) is 15.4. The summed E-state index contributed by atoms with van der Waals surface area (Å²) in [5, 5.41) is 0. The first kappa shape index (κ1) is 20.2. The van der Waals surface area contributed by atoms with Crippen LogP contribution in [0.3, 0.4) is 0 Å². The van der Waals surface area contributed by atoms with Crippen molar-refractivity contribution in [1.82, 2.24) is 0 Å². The fraction of sp³-hybridized carbons (Fsp3) is 0.0667. The second kappa shape index (κ2) is 7.35. The van der Waals surface area contributed by atoms with Crippen LogP contribution in [0.25, 0.3) is 11.6 Å². The molecular weight excluding hydrogens is 394 g/mol. The summed E-state index contributed by atoms with van der Waals surface area (Å²) in [6, 6.07) is 6.98. The van der Waals surface area contributed by atoms with E-state index in [1.165, 1.54) is 6.08 Å². The molecule has 2 aromatic carbocycles. The van der Waals surface area contributed by atoms with Gasteiger partial charge in [0.05, 0.1) is 0 Å². The monoisotopic (exact) mass is 399 g/mol. The molecule has 1 atom stereocenters. The van der Waals surface area contributed by atoms with Crippen LogP contribution in [0.4, 0.5) is 22.0 Å². The minimum Gasteiger partial charge on any atom is -1.00 e. The molecule has 0 saturated carbocycles. The van der Waals surface area contributed by atoms with Gasteiger partial charge in [-0.05, 0) is 0 Å². The van der Waals surface area contributed by atoms with Gasteiger partial charge in [-0.3, -0.25) is 0 Å². The first-order valence-electron chi connectivity index (χ1n) is 5.97. The first-order valence-corrected chi connectivity index (χ1v) is 6.87. The van der Waals surface area contributed by atoms with Crippen molar-refractivity contribution < 1.29 is 67.2 Å². The Morgan fingerprint density at radius 2 is 1.22 bits per heavy atom. The van der Waals surface area contributed by atoms with Gasteiger partial charge in [-0.25, -0.2) is 0 Å². The van der Waals surface area contributed by atoms with E-state index < -0.39 is 38.9 Å². The Kier molecular flexibility index (Phi) is 6.44. The second-order valence-corrected chi connectivity index (χ2v) is 5.51. The van der Waals surface area contributed by atoms with Gasteiger partial charge in [0.2, 0.25) is 0 Å². The molecule has 0 spiro atoms. The molecule has 1 unspecified atom stereocenters. The Morgan fingerprint density at radius 1 is 0.739 bits per heavy atom. The molecule has 3 rings (SSSR count). The number of benzene rings is 2. The number of rotatable bonds is 1. The molecule has 1 aliphatic rings. The van der Waals surface area contributed by atoms with Gasteiger partial charge in [0.25, 0.3) is 0 Å². The molecule has 0 aromatic heterocycles. The van der Waals surface area contributed by atoms with Gasteiger partial charge in [-0.1, -0.05) is 0 Å². The summed E-state index contributed by atoms with van der Waals surface area (Å²) in [5.74, 6) is -9.58. The zero-order valence-electron chi connectivity index (χ0n) is 11.1. The Hall–Kier alpha value is -0.876. The quantitative estimate of drug-likeness (QED) is 0.238. The third kappa shape index (κ3) is 3.08. The van der Waals surface area contributed by atoms with E-state index in [0.29, 0.717) is 5.56 Å². The van der Waals surface area contributed by atoms with Gasteiger partial charge in [0.15, 0.2) is 0 Å². The molecular formula is C15H6Cl2F5Ti. The Labute approximate surface area is 153 Å². The van der Waals surface area contributed by atoms with Crippen molar-refractivity contribution in [2.45, 2.75) is 4.22 Å². The summed E-state index contributed by atoms with van der Waals surface area (Å²) in [6.07, 6.45) is 1.46. The van der Waals surface area contributed by atoms with Crippen LogP contribution in [-0.4, -0.2) is 0 Å². The smallest absolute Gasteiger partial charge is 1.00 e. The number of allylic oxidation sites excluding steroid dienone is 1. The van der Waals surface area contributed by atoms with Crippen LogP contribution in [-0.2, 0) is 20.4 Å². The molecule has 0 fully saturated rings. The maximum atomic E-state index is 13.9. The SMILES string of the molecule is Fc1c(F)c(F)c(C2=Cc3ccccc3[CH]2[Ti+2])c(F)c1F.[Cl-].[Cl-]. The van der Waals surface area contributed by atoms with Crippen molar-refractivity contribution in [3.8, 4) is 0 Å². The molecule has 0 heterocycles. The minimum absolute atomic E-state index is 0. The molecule has 0 N–H and O–H groups in total. The van der Waals surface area contributed by atoms with Gasteiger partial charge in [0, 0.05) is 0 Å². The molecule has 0 radical (unpaired) electrons. The van der Waals surface area contributed by atoms with E-state index in [1.54, 1.807) is 44.7 Å². The minimum atomic E-state index is -2.14. The second-order valence-electron chi connectivity index (χ2n) is 4.61. The summed E-state index contributed by atoms with van der Waals surface area (Å²) in [5.41, 5.74) is 0.736. The van der Waals surface area contributed by atoms with Crippen molar-refractivity contribution in [1.29, 1.82) is 0 Å². The van der Waals surface area contributed by atoms with Gasteiger partial charge in [0.1, 0.15) is 0 Å². The third-order valence-corrected chi connectivity index (χ3v) is 4.40. The van der Waals surface area contributed by atoms with Gasteiger partial charge in [-0.15, -0.1) is 0 Å². The number of fused-ring (bicyclic) bond motifs is 1. The van der Waals surface area contributed by atoms with E-state index in [0.717, 1.165) is 5.56 Å². The molecule has 119 valence electrons. The van der Waals surface area contributed by atoms with Crippen molar-refractivity contribution in [3.05, 3.63) is 70.0 Å². The topological polar surface area (TPSA) is 0 Å². The van der Waals surface area contributed by atoms with Crippen LogP contribution >= 0.6 is 0 Å². The first-order chi connectivity index (χ1) is 9.93. The van der Waals surface area contributed by atoms with Crippen LogP contribution in [0.1, 0.15) is 20.9 Å². The number of halogens is 7. The summed E-state index contributed by atoms with van der Waals surface area (Å²) in [4.78, 5) is 0. The molecule has 0 nitrogen and oxygen atoms in total. The van der Waals surface area contributed by atoms with E-state index in [2.05, 4.69) is 0 Å². The number of hydrogen-bond acceptors (Lipinski definition) is 0. The van der Waals surface area contributed by atoms with Crippen LogP contribution in [0.2, 0.25) is 0 Å². The van der Waals surface area contributed by atoms with E-state index in [-0.39, 0.29) is 30.4 Å². The molecule has 0 amide bonds. The maximum Gasteiger partial charge on any atom is -1.00 e. The summed E-state index contributed by atoms with van der Waals surface area (Å²) < 4.78 is 67.1. The zero-order chi connectivity index (χ0) is 15.3. The molecule has 2 aromatic rings. The van der Waals surface area contributed by atoms with Gasteiger partial charge < -0.3 is 24.8 Å². The van der Waals surface area contributed by atoms with Crippen LogP contribution in [0, 0.1) is 29.1 Å². The zero-order valence-corrected chi connectivity index (χ0v) is 14.2. The fourth-order valence-corrected chi connectivity index (χ4v) is 3.16. The molecule has 0 saturated heterocycles. The molecule has 0 bridgehead atoms. The van der Waals surface area contributed by atoms with E-state index in [4.69, 9.17) is 0 Å². The van der Waals surface area contributed by atoms with E-state index in [9.17, 15) is 22.0 Å². The molecule has 1 aliphatic carbocycles. The van der Waals surface area contributed by atoms with Crippen molar-refractivity contribution in [2.24, 2.45) is 0 Å². The van der Waals surface area contributed by atoms with Gasteiger partial charge in [-0.2, -0.15) is 0 Å². The van der Waals surface area contributed by atoms with E-state index in [1.807, 2.05) is 0 Å². The molecule has 0 aliphatic heterocycles. The standard InChI is InChI=1S/C15H6F5.2ClH.Ti/c16-11-10(12(17)14(19)15(20)13(11)18)9-5-7-3-1-2-4-8(7)6-9;;;/h1-6H;2*1H;/q;;;+2/p-2. The van der Waals surface area contributed by atoms with Crippen molar-refractivity contribution in [3.63, 3.8) is 0 Å². The van der Waals surface area contributed by atoms with Crippen LogP contribution < -0.4 is 24.8 Å². The Balaban J connectivity index is 0.00000132. The maximum absolute atomic E-state index is 13.9. The predicted molar refractivity (Wildman–Crippen MR) is 63.3 cm³/mol. The Bertz CT molecular complexity index is 763. The number of hydrogen-bond donors (Lipinski definition) is 0. The largest absolute Gasteiger partial charge is 1.00 e. The third-order valence-electron chi connectivity index (χ3n) is 3.43. The molecule has 23 heavy (non-hydrogen) atoms. The summed E-state index contributed by atoms with van der Waals surface area (Å²) >= 11 is 1.66. The fourth-order valence-electron chi connectivity index (χ4n) is 2.40. The summed E-state index contributed by atoms with van der Waals surface area (Å²) in [7, 11) is 0. The Morgan fingerprint density at radius 3 is 1.74 bits per heavy atom. The van der Waals surface area contributed by atoms with Crippen LogP contribution in [0.5, 0.6) is 0 Å². The van der Waals surface area contributed by atoms with Crippen molar-refractivity contribution in [2.75, 3.05) is 0 Å². The molecule has 8 heteroatoms. The van der Waals surface area contributed by atoms with E-state index >= 15 is 0 Å². The summed E-state index contributed by atoms with van der Waals surface area (Å²) in [6.45, 7) is 0. The average Bonchev–Trinajstić information content (AvgIpc) is 2.81. The van der Waals surface area contributed by atoms with Crippen LogP contribution in [0.15, 0.2) is 24.3 Å².